The average Bonchev–Trinajstić information content (AvgIpc) is 1.97. The summed E-state index contributed by atoms with van der Waals surface area (Å²) >= 11 is 1.15. The summed E-state index contributed by atoms with van der Waals surface area (Å²) in [5, 5.41) is 6.89. The van der Waals surface area contributed by atoms with Gasteiger partial charge < -0.3 is 15.4 Å². The minimum Gasteiger partial charge on any atom is -0.449 e. The molecule has 0 aromatic heterocycles. The average molecular weight is 191 g/mol. The lowest BCUT2D eigenvalue weighted by atomic mass is 10.8. The number of nitrogens with one attached hydrogen (secondary N) is 1. The van der Waals surface area contributed by atoms with Crippen LogP contribution in [-0.2, 0) is 4.74 Å². The Morgan fingerprint density at radius 3 is 2.67 bits per heavy atom. The molecule has 0 atom stereocenters. The first kappa shape index (κ1) is 11.1. The number of amides is 1. The van der Waals surface area contributed by atoms with Crippen LogP contribution in [0.1, 0.15) is 0 Å². The van der Waals surface area contributed by atoms with Crippen molar-refractivity contribution in [2.45, 2.75) is 0 Å². The molecule has 0 aromatic carbocycles. The number of amidine groups is 1. The summed E-state index contributed by atoms with van der Waals surface area (Å²) in [6, 6.07) is 0. The van der Waals surface area contributed by atoms with Gasteiger partial charge in [0.25, 0.3) is 0 Å². The van der Waals surface area contributed by atoms with Crippen LogP contribution in [0.25, 0.3) is 0 Å². The van der Waals surface area contributed by atoms with Crippen molar-refractivity contribution in [3.8, 4) is 0 Å². The zero-order chi connectivity index (χ0) is 9.56. The van der Waals surface area contributed by atoms with Gasteiger partial charge >= 0.3 is 6.09 Å². The van der Waals surface area contributed by atoms with Crippen molar-refractivity contribution in [1.82, 2.24) is 4.90 Å². The summed E-state index contributed by atoms with van der Waals surface area (Å²) in [5.41, 5.74) is 5.06. The molecule has 0 unspecified atom stereocenters. The van der Waals surface area contributed by atoms with Gasteiger partial charge in [-0.25, -0.2) is 4.79 Å². The van der Waals surface area contributed by atoms with E-state index in [1.54, 1.807) is 14.1 Å². The van der Waals surface area contributed by atoms with Crippen LogP contribution in [0.3, 0.4) is 0 Å². The van der Waals surface area contributed by atoms with Gasteiger partial charge in [-0.05, 0) is 0 Å². The van der Waals surface area contributed by atoms with Crippen LogP contribution in [0.2, 0.25) is 0 Å². The highest BCUT2D eigenvalue weighted by atomic mass is 32.2. The van der Waals surface area contributed by atoms with Gasteiger partial charge in [-0.15, -0.1) is 0 Å². The summed E-state index contributed by atoms with van der Waals surface area (Å²) in [6.45, 7) is 0.279. The molecule has 0 spiro atoms. The highest BCUT2D eigenvalue weighted by Gasteiger charge is 2.03. The van der Waals surface area contributed by atoms with Crippen LogP contribution in [0.15, 0.2) is 0 Å². The molecule has 0 radical (unpaired) electrons. The second-order valence-corrected chi connectivity index (χ2v) is 3.36. The molecule has 0 aliphatic heterocycles. The Kier molecular flexibility index (Phi) is 5.27. The third-order valence-electron chi connectivity index (χ3n) is 0.932. The van der Waals surface area contributed by atoms with Crippen molar-refractivity contribution >= 4 is 23.0 Å². The minimum absolute atomic E-state index is 0.0379. The number of carbonyl (C=O) groups is 1. The van der Waals surface area contributed by atoms with Crippen molar-refractivity contribution in [3.05, 3.63) is 0 Å². The van der Waals surface area contributed by atoms with Crippen LogP contribution in [0, 0.1) is 5.41 Å². The Labute approximate surface area is 75.7 Å². The molecule has 0 heterocycles. The molecule has 70 valence electrons. The number of nitrogens with zero attached hydrogens (tertiary/aromatic N) is 1. The fourth-order valence-corrected chi connectivity index (χ4v) is 0.796. The Morgan fingerprint density at radius 2 is 2.25 bits per heavy atom. The Morgan fingerprint density at radius 1 is 1.67 bits per heavy atom. The second-order valence-electron chi connectivity index (χ2n) is 2.22. The van der Waals surface area contributed by atoms with Gasteiger partial charge in [-0.1, -0.05) is 11.8 Å². The predicted molar refractivity (Wildman–Crippen MR) is 49.4 cm³/mol. The summed E-state index contributed by atoms with van der Waals surface area (Å²) in [4.78, 5) is 12.1. The lowest BCUT2D eigenvalue weighted by Crippen LogP contribution is -2.23. The molecule has 12 heavy (non-hydrogen) atoms. The molecule has 0 fully saturated rings. The quantitative estimate of drug-likeness (QED) is 0.382. The van der Waals surface area contributed by atoms with E-state index >= 15 is 0 Å². The Bertz CT molecular complexity index is 172. The van der Waals surface area contributed by atoms with Crippen molar-refractivity contribution in [2.75, 3.05) is 26.5 Å². The number of carbonyl (C=O) groups excluding carboxylic acids is 1. The fourth-order valence-electron chi connectivity index (χ4n) is 0.410. The third-order valence-corrected chi connectivity index (χ3v) is 1.61. The van der Waals surface area contributed by atoms with Crippen LogP contribution in [-0.4, -0.2) is 42.6 Å². The monoisotopic (exact) mass is 191 g/mol. The maximum absolute atomic E-state index is 10.8. The van der Waals surface area contributed by atoms with Crippen LogP contribution < -0.4 is 5.73 Å². The second kappa shape index (κ2) is 5.70. The maximum Gasteiger partial charge on any atom is 0.409 e. The van der Waals surface area contributed by atoms with E-state index in [0.29, 0.717) is 5.75 Å². The maximum atomic E-state index is 10.8. The van der Waals surface area contributed by atoms with Gasteiger partial charge in [-0.3, -0.25) is 5.41 Å². The third kappa shape index (κ3) is 5.84. The number of nitrogens with two attached hydrogens (primary N) is 1. The molecule has 0 rings (SSSR count). The van der Waals surface area contributed by atoms with Gasteiger partial charge in [0.15, 0.2) is 5.17 Å². The predicted octanol–water partition coefficient (Wildman–Crippen LogP) is 0.311. The molecule has 0 aromatic rings. The van der Waals surface area contributed by atoms with Gasteiger partial charge in [-0.2, -0.15) is 0 Å². The van der Waals surface area contributed by atoms with Gasteiger partial charge in [0.1, 0.15) is 6.61 Å². The van der Waals surface area contributed by atoms with E-state index in [9.17, 15) is 4.79 Å². The largest absolute Gasteiger partial charge is 0.449 e. The molecule has 0 aliphatic carbocycles. The standard InChI is InChI=1S/C6H13N3O2S/c1-9(2)6(10)11-3-4-12-5(7)8/h3-4H2,1-2H3,(H3,7,8). The van der Waals surface area contributed by atoms with Crippen molar-refractivity contribution in [3.63, 3.8) is 0 Å². The number of rotatable bonds is 3. The van der Waals surface area contributed by atoms with Crippen molar-refractivity contribution in [2.24, 2.45) is 5.73 Å². The van der Waals surface area contributed by atoms with E-state index in [0.717, 1.165) is 11.8 Å². The van der Waals surface area contributed by atoms with E-state index in [2.05, 4.69) is 0 Å². The molecule has 3 N–H and O–H groups in total. The Hall–Kier alpha value is -0.910. The Balaban J connectivity index is 3.32. The number of ether oxygens (including phenoxy) is 1. The van der Waals surface area contributed by atoms with Crippen molar-refractivity contribution in [1.29, 1.82) is 5.41 Å². The summed E-state index contributed by atoms with van der Waals surface area (Å²) < 4.78 is 4.77. The van der Waals surface area contributed by atoms with E-state index in [-0.39, 0.29) is 17.9 Å². The first-order chi connectivity index (χ1) is 5.54. The SMILES string of the molecule is CN(C)C(=O)OCCSC(=N)N. The zero-order valence-corrected chi connectivity index (χ0v) is 7.98. The smallest absolute Gasteiger partial charge is 0.409 e. The first-order valence-corrected chi connectivity index (χ1v) is 4.33. The van der Waals surface area contributed by atoms with E-state index in [1.807, 2.05) is 0 Å². The van der Waals surface area contributed by atoms with E-state index in [4.69, 9.17) is 15.9 Å². The fraction of sp³-hybridized carbons (Fsp3) is 0.667. The van der Waals surface area contributed by atoms with Crippen molar-refractivity contribution < 1.29 is 9.53 Å². The minimum atomic E-state index is -0.376. The molecular weight excluding hydrogens is 178 g/mol. The summed E-state index contributed by atoms with van der Waals surface area (Å²) in [5.74, 6) is 0.523. The van der Waals surface area contributed by atoms with E-state index < -0.39 is 0 Å². The molecule has 1 amide bonds. The van der Waals surface area contributed by atoms with Gasteiger partial charge in [0.2, 0.25) is 0 Å². The topological polar surface area (TPSA) is 79.4 Å². The normalized spacial score (nSPS) is 9.17. The first-order valence-electron chi connectivity index (χ1n) is 3.35. The molecule has 0 bridgehead atoms. The molecule has 0 aliphatic rings. The highest BCUT2D eigenvalue weighted by Crippen LogP contribution is 1.97. The molecule has 6 heteroatoms. The zero-order valence-electron chi connectivity index (χ0n) is 7.16. The van der Waals surface area contributed by atoms with Crippen LogP contribution >= 0.6 is 11.8 Å². The highest BCUT2D eigenvalue weighted by molar-refractivity contribution is 8.13. The van der Waals surface area contributed by atoms with Crippen LogP contribution in [0.4, 0.5) is 4.79 Å². The summed E-state index contributed by atoms with van der Waals surface area (Å²) in [6.07, 6.45) is -0.376. The molecule has 5 nitrogen and oxygen atoms in total. The molecule has 0 saturated carbocycles. The number of thioether (sulfide) groups is 1. The van der Waals surface area contributed by atoms with E-state index in [1.165, 1.54) is 4.90 Å². The van der Waals surface area contributed by atoms with Crippen LogP contribution in [0.5, 0.6) is 0 Å². The molecule has 0 saturated heterocycles. The lowest BCUT2D eigenvalue weighted by molar-refractivity contribution is 0.125. The summed E-state index contributed by atoms with van der Waals surface area (Å²) in [7, 11) is 3.22. The number of hydrogen-bond donors (Lipinski definition) is 2. The van der Waals surface area contributed by atoms with Gasteiger partial charge in [0.05, 0.1) is 0 Å². The van der Waals surface area contributed by atoms with Gasteiger partial charge in [0, 0.05) is 19.8 Å². The molecular formula is C6H13N3O2S. The lowest BCUT2D eigenvalue weighted by Gasteiger charge is -2.10. The number of hydrogen-bond acceptors (Lipinski definition) is 4.